The number of fused-ring (bicyclic) bond motifs is 1. The van der Waals surface area contributed by atoms with Crippen LogP contribution >= 0.6 is 11.3 Å². The van der Waals surface area contributed by atoms with Gasteiger partial charge in [-0.05, 0) is 56.2 Å². The highest BCUT2D eigenvalue weighted by Crippen LogP contribution is 2.48. The number of nitrogens with zero attached hydrogens (tertiary/aromatic N) is 6. The fraction of sp³-hybridized carbons (Fsp3) is 0.370. The van der Waals surface area contributed by atoms with Crippen LogP contribution in [-0.4, -0.2) is 47.8 Å². The molecule has 182 valence electrons. The summed E-state index contributed by atoms with van der Waals surface area (Å²) >= 11 is 1.36. The van der Waals surface area contributed by atoms with Crippen molar-refractivity contribution in [1.29, 1.82) is 5.26 Å². The first-order chi connectivity index (χ1) is 17.4. The normalized spacial score (nSPS) is 18.2. The molecule has 2 aliphatic heterocycles. The molecule has 0 amide bonds. The Balaban J connectivity index is 1.32. The third-order valence-corrected chi connectivity index (χ3v) is 8.77. The molecule has 36 heavy (non-hydrogen) atoms. The number of hydrogen-bond donors (Lipinski definition) is 1. The summed E-state index contributed by atoms with van der Waals surface area (Å²) in [7, 11) is 2.01. The van der Waals surface area contributed by atoms with E-state index in [-0.39, 0.29) is 5.82 Å². The van der Waals surface area contributed by atoms with Crippen LogP contribution in [0.2, 0.25) is 0 Å². The van der Waals surface area contributed by atoms with Crippen molar-refractivity contribution < 1.29 is 4.39 Å². The maximum Gasteiger partial charge on any atom is 0.191 e. The van der Waals surface area contributed by atoms with Gasteiger partial charge in [-0.25, -0.2) is 13.9 Å². The topological polar surface area (TPSA) is 72.5 Å². The molecule has 1 saturated carbocycles. The number of aromatic nitrogens is 3. The SMILES string of the molecule is Cc1cc(N2CC3(CNC3)C2)cc2c(N(C)c3nc(-c4ccc(F)cc4)c(C#N)s3)c(C3CC3)nn12. The molecule has 7 rings (SSSR count). The van der Waals surface area contributed by atoms with Crippen LogP contribution in [0.4, 0.5) is 20.9 Å². The molecule has 1 aliphatic carbocycles. The Morgan fingerprint density at radius 2 is 1.94 bits per heavy atom. The summed E-state index contributed by atoms with van der Waals surface area (Å²) in [5.41, 5.74) is 7.35. The van der Waals surface area contributed by atoms with Gasteiger partial charge in [-0.15, -0.1) is 0 Å². The van der Waals surface area contributed by atoms with Gasteiger partial charge in [-0.1, -0.05) is 11.3 Å². The molecule has 3 fully saturated rings. The molecule has 9 heteroatoms. The van der Waals surface area contributed by atoms with Crippen molar-refractivity contribution in [2.75, 3.05) is 43.0 Å². The summed E-state index contributed by atoms with van der Waals surface area (Å²) < 4.78 is 15.5. The van der Waals surface area contributed by atoms with Gasteiger partial charge in [0.15, 0.2) is 5.13 Å². The minimum atomic E-state index is -0.307. The molecule has 0 radical (unpaired) electrons. The Hall–Kier alpha value is -3.48. The van der Waals surface area contributed by atoms with Gasteiger partial charge in [0, 0.05) is 61.5 Å². The van der Waals surface area contributed by atoms with E-state index < -0.39 is 0 Å². The fourth-order valence-corrected chi connectivity index (χ4v) is 6.38. The number of thiazole rings is 1. The summed E-state index contributed by atoms with van der Waals surface area (Å²) in [4.78, 5) is 9.92. The number of hydrogen-bond acceptors (Lipinski definition) is 7. The largest absolute Gasteiger partial charge is 0.370 e. The molecular weight excluding hydrogens is 473 g/mol. The summed E-state index contributed by atoms with van der Waals surface area (Å²) in [5, 5.41) is 19.0. The molecule has 3 aromatic heterocycles. The second-order valence-corrected chi connectivity index (χ2v) is 11.4. The van der Waals surface area contributed by atoms with E-state index in [2.05, 4.69) is 44.8 Å². The summed E-state index contributed by atoms with van der Waals surface area (Å²) in [5.74, 6) is 0.142. The molecule has 4 aromatic rings. The molecule has 0 atom stereocenters. The zero-order valence-corrected chi connectivity index (χ0v) is 21.1. The molecule has 0 unspecified atom stereocenters. The second-order valence-electron chi connectivity index (χ2n) is 10.5. The number of aryl methyl sites for hydroxylation is 1. The lowest BCUT2D eigenvalue weighted by molar-refractivity contribution is 0.121. The molecule has 2 saturated heterocycles. The zero-order chi connectivity index (χ0) is 24.6. The van der Waals surface area contributed by atoms with Gasteiger partial charge in [-0.2, -0.15) is 10.4 Å². The number of nitriles is 1. The third kappa shape index (κ3) is 3.32. The van der Waals surface area contributed by atoms with Crippen LogP contribution in [-0.2, 0) is 0 Å². The predicted octanol–water partition coefficient (Wildman–Crippen LogP) is 4.83. The van der Waals surface area contributed by atoms with Crippen LogP contribution in [0.5, 0.6) is 0 Å². The number of rotatable bonds is 5. The van der Waals surface area contributed by atoms with Gasteiger partial charge < -0.3 is 15.1 Å². The minimum absolute atomic E-state index is 0.307. The highest BCUT2D eigenvalue weighted by molar-refractivity contribution is 7.16. The van der Waals surface area contributed by atoms with Gasteiger partial charge in [0.1, 0.15) is 22.5 Å². The Labute approximate surface area is 212 Å². The van der Waals surface area contributed by atoms with E-state index in [0.717, 1.165) is 72.3 Å². The Morgan fingerprint density at radius 1 is 1.19 bits per heavy atom. The molecule has 3 aliphatic rings. The van der Waals surface area contributed by atoms with Crippen molar-refractivity contribution in [2.24, 2.45) is 5.41 Å². The Kier molecular flexibility index (Phi) is 4.69. The Morgan fingerprint density at radius 3 is 2.58 bits per heavy atom. The average molecular weight is 500 g/mol. The number of anilines is 3. The van der Waals surface area contributed by atoms with Crippen molar-refractivity contribution in [3.63, 3.8) is 0 Å². The first-order valence-electron chi connectivity index (χ1n) is 12.3. The van der Waals surface area contributed by atoms with E-state index in [1.54, 1.807) is 12.1 Å². The molecular formula is C27H26FN7S. The van der Waals surface area contributed by atoms with Crippen molar-refractivity contribution in [3.8, 4) is 17.3 Å². The highest BCUT2D eigenvalue weighted by Gasteiger charge is 2.47. The quantitative estimate of drug-likeness (QED) is 0.424. The number of pyridine rings is 1. The van der Waals surface area contributed by atoms with Crippen molar-refractivity contribution in [2.45, 2.75) is 25.7 Å². The van der Waals surface area contributed by atoms with E-state index in [1.165, 1.54) is 29.2 Å². The number of nitrogens with one attached hydrogen (secondary N) is 1. The van der Waals surface area contributed by atoms with Gasteiger partial charge in [0.05, 0.1) is 16.9 Å². The smallest absolute Gasteiger partial charge is 0.191 e. The summed E-state index contributed by atoms with van der Waals surface area (Å²) in [6, 6.07) is 12.9. The van der Waals surface area contributed by atoms with Crippen LogP contribution in [0, 0.1) is 29.5 Å². The van der Waals surface area contributed by atoms with Crippen LogP contribution in [0.1, 0.15) is 35.0 Å². The van der Waals surface area contributed by atoms with E-state index in [0.29, 0.717) is 21.9 Å². The van der Waals surface area contributed by atoms with Crippen molar-refractivity contribution in [1.82, 2.24) is 19.9 Å². The van der Waals surface area contributed by atoms with E-state index in [1.807, 2.05) is 7.05 Å². The molecule has 1 aromatic carbocycles. The third-order valence-electron chi connectivity index (χ3n) is 7.74. The van der Waals surface area contributed by atoms with E-state index in [9.17, 15) is 9.65 Å². The van der Waals surface area contributed by atoms with E-state index >= 15 is 0 Å². The molecule has 0 bridgehead atoms. The summed E-state index contributed by atoms with van der Waals surface area (Å²) in [6.07, 6.45) is 2.28. The van der Waals surface area contributed by atoms with Gasteiger partial charge in [0.25, 0.3) is 0 Å². The van der Waals surface area contributed by atoms with Gasteiger partial charge >= 0.3 is 0 Å². The molecule has 5 heterocycles. The van der Waals surface area contributed by atoms with Crippen LogP contribution in [0.3, 0.4) is 0 Å². The summed E-state index contributed by atoms with van der Waals surface area (Å²) in [6.45, 7) is 6.51. The first kappa shape index (κ1) is 21.8. The highest BCUT2D eigenvalue weighted by atomic mass is 32.1. The standard InChI is InChI=1S/C27H26FN7S/c1-16-9-20(34-14-27(15-34)12-30-13-27)10-21-25(24(18-3-4-18)32-35(16)21)33(2)26-31-23(22(11-29)36-26)17-5-7-19(28)8-6-17/h5-10,18,30H,3-4,12-15H2,1-2H3. The first-order valence-corrected chi connectivity index (χ1v) is 13.2. The maximum atomic E-state index is 13.5. The number of halogens is 1. The lowest BCUT2D eigenvalue weighted by Crippen LogP contribution is -2.71. The zero-order valence-electron chi connectivity index (χ0n) is 20.3. The van der Waals surface area contributed by atoms with Gasteiger partial charge in [-0.3, -0.25) is 0 Å². The fourth-order valence-electron chi connectivity index (χ4n) is 5.53. The molecule has 1 spiro atoms. The number of benzene rings is 1. The average Bonchev–Trinajstić information content (AvgIpc) is 3.44. The predicted molar refractivity (Wildman–Crippen MR) is 140 cm³/mol. The Bertz CT molecular complexity index is 1530. The van der Waals surface area contributed by atoms with Gasteiger partial charge in [0.2, 0.25) is 0 Å². The molecule has 7 nitrogen and oxygen atoms in total. The van der Waals surface area contributed by atoms with Crippen LogP contribution in [0.25, 0.3) is 16.8 Å². The maximum absolute atomic E-state index is 13.5. The van der Waals surface area contributed by atoms with Crippen LogP contribution in [0.15, 0.2) is 36.4 Å². The van der Waals surface area contributed by atoms with Crippen LogP contribution < -0.4 is 15.1 Å². The lowest BCUT2D eigenvalue weighted by atomic mass is 9.74. The molecule has 1 N–H and O–H groups in total. The van der Waals surface area contributed by atoms with Crippen molar-refractivity contribution in [3.05, 3.63) is 58.5 Å². The lowest BCUT2D eigenvalue weighted by Gasteiger charge is -2.57. The van der Waals surface area contributed by atoms with Crippen molar-refractivity contribution >= 4 is 33.4 Å². The monoisotopic (exact) mass is 499 g/mol. The van der Waals surface area contributed by atoms with E-state index in [4.69, 9.17) is 10.1 Å². The second kappa shape index (κ2) is 7.76. The minimum Gasteiger partial charge on any atom is -0.370 e.